The van der Waals surface area contributed by atoms with Crippen LogP contribution in [-0.4, -0.2) is 59.0 Å². The molecule has 0 bridgehead atoms. The zero-order valence-corrected chi connectivity index (χ0v) is 15.7. The first-order valence-electron chi connectivity index (χ1n) is 8.74. The number of amides is 2. The summed E-state index contributed by atoms with van der Waals surface area (Å²) in [6, 6.07) is 13.3. The maximum Gasteiger partial charge on any atom is 0.263 e. The smallest absolute Gasteiger partial charge is 0.263 e. The van der Waals surface area contributed by atoms with Gasteiger partial charge < -0.3 is 19.6 Å². The van der Waals surface area contributed by atoms with E-state index in [9.17, 15) is 14.7 Å². The summed E-state index contributed by atoms with van der Waals surface area (Å²) >= 11 is 5.85. The van der Waals surface area contributed by atoms with Crippen LogP contribution >= 0.6 is 11.6 Å². The molecule has 2 amide bonds. The molecule has 2 aromatic carbocycles. The molecule has 1 aliphatic heterocycles. The monoisotopic (exact) mass is 388 g/mol. The van der Waals surface area contributed by atoms with Gasteiger partial charge in [0.2, 0.25) is 0 Å². The average molecular weight is 389 g/mol. The molecule has 142 valence electrons. The minimum Gasteiger partial charge on any atom is -0.507 e. The van der Waals surface area contributed by atoms with E-state index >= 15 is 0 Å². The van der Waals surface area contributed by atoms with Gasteiger partial charge in [-0.15, -0.1) is 0 Å². The Morgan fingerprint density at radius 1 is 1.00 bits per heavy atom. The van der Waals surface area contributed by atoms with E-state index in [0.717, 1.165) is 0 Å². The molecule has 0 aliphatic carbocycles. The Morgan fingerprint density at radius 3 is 2.22 bits per heavy atom. The lowest BCUT2D eigenvalue weighted by molar-refractivity contribution is -0.139. The quantitative estimate of drug-likeness (QED) is 0.874. The number of phenolic OH excluding ortho intramolecular Hbond substituents is 1. The minimum atomic E-state index is -0.633. The number of phenols is 1. The van der Waals surface area contributed by atoms with Gasteiger partial charge in [0.1, 0.15) is 11.5 Å². The van der Waals surface area contributed by atoms with Crippen molar-refractivity contribution < 1.29 is 19.4 Å². The molecule has 1 heterocycles. The lowest BCUT2D eigenvalue weighted by Crippen LogP contribution is -2.53. The third-order valence-electron chi connectivity index (χ3n) is 4.49. The van der Waals surface area contributed by atoms with E-state index in [2.05, 4.69) is 0 Å². The summed E-state index contributed by atoms with van der Waals surface area (Å²) in [4.78, 5) is 28.5. The lowest BCUT2D eigenvalue weighted by atomic mass is 10.1. The first-order valence-corrected chi connectivity index (χ1v) is 9.12. The predicted octanol–water partition coefficient (Wildman–Crippen LogP) is 2.80. The van der Waals surface area contributed by atoms with Crippen molar-refractivity contribution in [2.24, 2.45) is 0 Å². The predicted molar refractivity (Wildman–Crippen MR) is 102 cm³/mol. The van der Waals surface area contributed by atoms with Gasteiger partial charge in [0.15, 0.2) is 6.10 Å². The number of carbonyl (C=O) groups excluding carboxylic acids is 2. The third-order valence-corrected chi connectivity index (χ3v) is 4.74. The molecule has 3 rings (SSSR count). The molecule has 2 aromatic rings. The van der Waals surface area contributed by atoms with Crippen LogP contribution in [0.2, 0.25) is 5.02 Å². The third kappa shape index (κ3) is 4.52. The van der Waals surface area contributed by atoms with E-state index in [1.807, 2.05) is 0 Å². The molecule has 6 nitrogen and oxygen atoms in total. The van der Waals surface area contributed by atoms with Crippen LogP contribution < -0.4 is 4.74 Å². The second-order valence-corrected chi connectivity index (χ2v) is 6.79. The van der Waals surface area contributed by atoms with Crippen LogP contribution in [0.1, 0.15) is 17.3 Å². The van der Waals surface area contributed by atoms with E-state index in [4.69, 9.17) is 16.3 Å². The molecule has 1 saturated heterocycles. The number of nitrogens with zero attached hydrogens (tertiary/aromatic N) is 2. The van der Waals surface area contributed by atoms with Gasteiger partial charge in [0, 0.05) is 31.2 Å². The van der Waals surface area contributed by atoms with Crippen molar-refractivity contribution in [2.75, 3.05) is 26.2 Å². The minimum absolute atomic E-state index is 0.0361. The maximum absolute atomic E-state index is 12.6. The van der Waals surface area contributed by atoms with Gasteiger partial charge in [-0.3, -0.25) is 9.59 Å². The zero-order valence-electron chi connectivity index (χ0n) is 15.0. The molecule has 0 spiro atoms. The van der Waals surface area contributed by atoms with Crippen LogP contribution in [-0.2, 0) is 4.79 Å². The highest BCUT2D eigenvalue weighted by Crippen LogP contribution is 2.20. The van der Waals surface area contributed by atoms with Crippen molar-refractivity contribution in [1.29, 1.82) is 0 Å². The summed E-state index contributed by atoms with van der Waals surface area (Å²) in [5.74, 6) is 0.185. The van der Waals surface area contributed by atoms with Crippen LogP contribution in [0.3, 0.4) is 0 Å². The molecular formula is C20H21ClN2O4. The summed E-state index contributed by atoms with van der Waals surface area (Å²) in [5.41, 5.74) is 0.275. The largest absolute Gasteiger partial charge is 0.507 e. The molecule has 1 atom stereocenters. The lowest BCUT2D eigenvalue weighted by Gasteiger charge is -2.36. The van der Waals surface area contributed by atoms with Gasteiger partial charge >= 0.3 is 0 Å². The Labute approximate surface area is 162 Å². The summed E-state index contributed by atoms with van der Waals surface area (Å²) in [5, 5.41) is 10.4. The van der Waals surface area contributed by atoms with Crippen LogP contribution in [0.25, 0.3) is 0 Å². The Balaban J connectivity index is 1.55. The van der Waals surface area contributed by atoms with Crippen molar-refractivity contribution in [1.82, 2.24) is 9.80 Å². The van der Waals surface area contributed by atoms with E-state index in [1.165, 1.54) is 6.07 Å². The van der Waals surface area contributed by atoms with E-state index in [-0.39, 0.29) is 23.1 Å². The molecule has 27 heavy (non-hydrogen) atoms. The molecule has 1 N–H and O–H groups in total. The van der Waals surface area contributed by atoms with Gasteiger partial charge in [0.25, 0.3) is 11.8 Å². The highest BCUT2D eigenvalue weighted by Gasteiger charge is 2.29. The summed E-state index contributed by atoms with van der Waals surface area (Å²) in [6.45, 7) is 3.37. The standard InChI is InChI=1S/C20H21ClN2O4/c1-14(27-16-8-6-15(21)7-9-16)19(25)22-10-12-23(13-11-22)20(26)17-4-2-3-5-18(17)24/h2-9,14,24H,10-13H2,1H3. The van der Waals surface area contributed by atoms with Crippen molar-refractivity contribution in [3.8, 4) is 11.5 Å². The number of halogens is 1. The molecular weight excluding hydrogens is 368 g/mol. The number of aromatic hydroxyl groups is 1. The van der Waals surface area contributed by atoms with E-state index in [0.29, 0.717) is 37.0 Å². The van der Waals surface area contributed by atoms with Crippen LogP contribution in [0.5, 0.6) is 11.5 Å². The maximum atomic E-state index is 12.6. The number of para-hydroxylation sites is 1. The van der Waals surface area contributed by atoms with E-state index in [1.54, 1.807) is 59.2 Å². The number of hydrogen-bond acceptors (Lipinski definition) is 4. The van der Waals surface area contributed by atoms with Crippen LogP contribution in [0.15, 0.2) is 48.5 Å². The first kappa shape index (κ1) is 19.0. The number of hydrogen-bond donors (Lipinski definition) is 1. The van der Waals surface area contributed by atoms with Gasteiger partial charge in [-0.2, -0.15) is 0 Å². The SMILES string of the molecule is CC(Oc1ccc(Cl)cc1)C(=O)N1CCN(C(=O)c2ccccc2O)CC1. The van der Waals surface area contributed by atoms with Crippen molar-refractivity contribution in [3.05, 3.63) is 59.1 Å². The number of carbonyl (C=O) groups is 2. The fraction of sp³-hybridized carbons (Fsp3) is 0.300. The van der Waals surface area contributed by atoms with Crippen molar-refractivity contribution in [2.45, 2.75) is 13.0 Å². The van der Waals surface area contributed by atoms with Crippen molar-refractivity contribution >= 4 is 23.4 Å². The molecule has 0 radical (unpaired) electrons. The second-order valence-electron chi connectivity index (χ2n) is 6.35. The number of piperazine rings is 1. The molecule has 0 aromatic heterocycles. The summed E-state index contributed by atoms with van der Waals surface area (Å²) < 4.78 is 5.68. The topological polar surface area (TPSA) is 70.1 Å². The Bertz CT molecular complexity index is 817. The average Bonchev–Trinajstić information content (AvgIpc) is 2.69. The Morgan fingerprint density at radius 2 is 1.59 bits per heavy atom. The van der Waals surface area contributed by atoms with Gasteiger partial charge in [0.05, 0.1) is 5.56 Å². The highest BCUT2D eigenvalue weighted by atomic mass is 35.5. The second kappa shape index (κ2) is 8.31. The van der Waals surface area contributed by atoms with Gasteiger partial charge in [-0.25, -0.2) is 0 Å². The fourth-order valence-electron chi connectivity index (χ4n) is 2.98. The highest BCUT2D eigenvalue weighted by molar-refractivity contribution is 6.30. The molecule has 7 heteroatoms. The fourth-order valence-corrected chi connectivity index (χ4v) is 3.11. The summed E-state index contributed by atoms with van der Waals surface area (Å²) in [7, 11) is 0. The number of rotatable bonds is 4. The normalized spacial score (nSPS) is 15.3. The van der Waals surface area contributed by atoms with Crippen molar-refractivity contribution in [3.63, 3.8) is 0 Å². The summed E-state index contributed by atoms with van der Waals surface area (Å²) in [6.07, 6.45) is -0.633. The zero-order chi connectivity index (χ0) is 19.4. The number of ether oxygens (including phenoxy) is 1. The Hall–Kier alpha value is -2.73. The van der Waals surface area contributed by atoms with E-state index < -0.39 is 6.10 Å². The Kier molecular flexibility index (Phi) is 5.86. The molecule has 1 aliphatic rings. The van der Waals surface area contributed by atoms with Gasteiger partial charge in [-0.05, 0) is 43.3 Å². The molecule has 1 fully saturated rings. The molecule has 0 saturated carbocycles. The van der Waals surface area contributed by atoms with Crippen LogP contribution in [0.4, 0.5) is 0 Å². The number of benzene rings is 2. The van der Waals surface area contributed by atoms with Crippen LogP contribution in [0, 0.1) is 0 Å². The van der Waals surface area contributed by atoms with Gasteiger partial charge in [-0.1, -0.05) is 23.7 Å². The molecule has 1 unspecified atom stereocenters. The first-order chi connectivity index (χ1) is 13.0.